The molecule has 5 heteroatoms. The molecule has 0 aliphatic carbocycles. The minimum absolute atomic E-state index is 0.00967. The first-order valence-corrected chi connectivity index (χ1v) is 6.91. The SMILES string of the molecule is CCCCC(CN)NC(=O)COc1ccc(Cl)cc1. The maximum absolute atomic E-state index is 11.7. The molecule has 0 heterocycles. The fourth-order valence-electron chi connectivity index (χ4n) is 1.65. The zero-order chi connectivity index (χ0) is 14.1. The highest BCUT2D eigenvalue weighted by atomic mass is 35.5. The molecule has 106 valence electrons. The average Bonchev–Trinajstić information content (AvgIpc) is 2.42. The standard InChI is InChI=1S/C14H21ClN2O2/c1-2-3-4-12(9-16)17-14(18)10-19-13-7-5-11(15)6-8-13/h5-8,12H,2-4,9-10,16H2,1H3,(H,17,18). The Kier molecular flexibility index (Phi) is 7.30. The van der Waals surface area contributed by atoms with Gasteiger partial charge in [-0.3, -0.25) is 4.79 Å². The Balaban J connectivity index is 2.32. The third-order valence-corrected chi connectivity index (χ3v) is 2.99. The van der Waals surface area contributed by atoms with Crippen LogP contribution in [0.4, 0.5) is 0 Å². The van der Waals surface area contributed by atoms with Gasteiger partial charge in [0.15, 0.2) is 6.61 Å². The van der Waals surface area contributed by atoms with Gasteiger partial charge < -0.3 is 15.8 Å². The molecule has 0 aliphatic heterocycles. The molecule has 0 fully saturated rings. The van der Waals surface area contributed by atoms with Crippen molar-refractivity contribution in [3.63, 3.8) is 0 Å². The molecule has 1 aromatic carbocycles. The molecule has 1 rings (SSSR count). The number of carbonyl (C=O) groups excluding carboxylic acids is 1. The summed E-state index contributed by atoms with van der Waals surface area (Å²) in [7, 11) is 0. The fraction of sp³-hybridized carbons (Fsp3) is 0.500. The second-order valence-corrected chi connectivity index (χ2v) is 4.82. The van der Waals surface area contributed by atoms with Crippen molar-refractivity contribution in [3.05, 3.63) is 29.3 Å². The van der Waals surface area contributed by atoms with Gasteiger partial charge in [0.1, 0.15) is 5.75 Å². The number of benzene rings is 1. The summed E-state index contributed by atoms with van der Waals surface area (Å²) >= 11 is 5.76. The number of ether oxygens (including phenoxy) is 1. The van der Waals surface area contributed by atoms with Crippen LogP contribution in [0.2, 0.25) is 5.02 Å². The maximum Gasteiger partial charge on any atom is 0.258 e. The van der Waals surface area contributed by atoms with Crippen LogP contribution in [0.5, 0.6) is 5.75 Å². The number of nitrogens with two attached hydrogens (primary N) is 1. The molecule has 1 atom stereocenters. The zero-order valence-electron chi connectivity index (χ0n) is 11.2. The van der Waals surface area contributed by atoms with E-state index in [9.17, 15) is 4.79 Å². The summed E-state index contributed by atoms with van der Waals surface area (Å²) in [5.74, 6) is 0.471. The molecular formula is C14H21ClN2O2. The van der Waals surface area contributed by atoms with Gasteiger partial charge in [0.25, 0.3) is 5.91 Å². The van der Waals surface area contributed by atoms with Crippen molar-refractivity contribution in [3.8, 4) is 5.75 Å². The molecule has 19 heavy (non-hydrogen) atoms. The van der Waals surface area contributed by atoms with E-state index in [2.05, 4.69) is 12.2 Å². The van der Waals surface area contributed by atoms with Crippen LogP contribution in [0.1, 0.15) is 26.2 Å². The van der Waals surface area contributed by atoms with Crippen LogP contribution in [0, 0.1) is 0 Å². The van der Waals surface area contributed by atoms with Gasteiger partial charge in [0.05, 0.1) is 0 Å². The summed E-state index contributed by atoms with van der Waals surface area (Å²) < 4.78 is 5.36. The first-order chi connectivity index (χ1) is 9.15. The molecule has 0 bridgehead atoms. The lowest BCUT2D eigenvalue weighted by Gasteiger charge is -2.16. The van der Waals surface area contributed by atoms with E-state index in [0.29, 0.717) is 17.3 Å². The second kappa shape index (κ2) is 8.77. The van der Waals surface area contributed by atoms with Crippen LogP contribution in [0.15, 0.2) is 24.3 Å². The Hall–Kier alpha value is -1.26. The Morgan fingerprint density at radius 3 is 2.68 bits per heavy atom. The zero-order valence-corrected chi connectivity index (χ0v) is 12.0. The largest absolute Gasteiger partial charge is 0.484 e. The Bertz CT molecular complexity index is 382. The molecule has 0 spiro atoms. The summed E-state index contributed by atoms with van der Waals surface area (Å²) in [6, 6.07) is 6.93. The third kappa shape index (κ3) is 6.45. The smallest absolute Gasteiger partial charge is 0.258 e. The van der Waals surface area contributed by atoms with Gasteiger partial charge in [0.2, 0.25) is 0 Å². The van der Waals surface area contributed by atoms with E-state index >= 15 is 0 Å². The van der Waals surface area contributed by atoms with E-state index < -0.39 is 0 Å². The lowest BCUT2D eigenvalue weighted by molar-refractivity contribution is -0.123. The van der Waals surface area contributed by atoms with Crippen LogP contribution in [-0.4, -0.2) is 25.1 Å². The van der Waals surface area contributed by atoms with Crippen LogP contribution in [-0.2, 0) is 4.79 Å². The third-order valence-electron chi connectivity index (χ3n) is 2.74. The molecule has 4 nitrogen and oxygen atoms in total. The van der Waals surface area contributed by atoms with Gasteiger partial charge in [-0.15, -0.1) is 0 Å². The number of carbonyl (C=O) groups is 1. The number of amides is 1. The van der Waals surface area contributed by atoms with Crippen molar-refractivity contribution in [2.24, 2.45) is 5.73 Å². The van der Waals surface area contributed by atoms with E-state index in [-0.39, 0.29) is 18.6 Å². The number of hydrogen-bond donors (Lipinski definition) is 2. The topological polar surface area (TPSA) is 64.3 Å². The minimum Gasteiger partial charge on any atom is -0.484 e. The number of nitrogens with one attached hydrogen (secondary N) is 1. The van der Waals surface area contributed by atoms with Crippen molar-refractivity contribution in [2.45, 2.75) is 32.2 Å². The number of hydrogen-bond acceptors (Lipinski definition) is 3. The number of halogens is 1. The highest BCUT2D eigenvalue weighted by Crippen LogP contribution is 2.15. The normalized spacial score (nSPS) is 11.9. The predicted octanol–water partition coefficient (Wildman–Crippen LogP) is 2.35. The van der Waals surface area contributed by atoms with Crippen molar-refractivity contribution in [1.82, 2.24) is 5.32 Å². The molecular weight excluding hydrogens is 264 g/mol. The number of unbranched alkanes of at least 4 members (excludes halogenated alkanes) is 1. The molecule has 0 saturated heterocycles. The quantitative estimate of drug-likeness (QED) is 0.770. The average molecular weight is 285 g/mol. The van der Waals surface area contributed by atoms with E-state index in [1.54, 1.807) is 24.3 Å². The van der Waals surface area contributed by atoms with Gasteiger partial charge in [-0.1, -0.05) is 31.4 Å². The first-order valence-electron chi connectivity index (χ1n) is 6.53. The van der Waals surface area contributed by atoms with Crippen molar-refractivity contribution in [2.75, 3.05) is 13.2 Å². The predicted molar refractivity (Wildman–Crippen MR) is 77.5 cm³/mol. The maximum atomic E-state index is 11.7. The minimum atomic E-state index is -0.151. The van der Waals surface area contributed by atoms with E-state index in [1.165, 1.54) is 0 Å². The van der Waals surface area contributed by atoms with Gasteiger partial charge >= 0.3 is 0 Å². The first kappa shape index (κ1) is 15.8. The lowest BCUT2D eigenvalue weighted by Crippen LogP contribution is -2.42. The summed E-state index contributed by atoms with van der Waals surface area (Å²) in [5.41, 5.74) is 5.62. The molecule has 3 N–H and O–H groups in total. The molecule has 1 unspecified atom stereocenters. The number of rotatable bonds is 8. The van der Waals surface area contributed by atoms with Gasteiger partial charge in [0, 0.05) is 17.6 Å². The highest BCUT2D eigenvalue weighted by Gasteiger charge is 2.10. The van der Waals surface area contributed by atoms with Crippen LogP contribution in [0.3, 0.4) is 0 Å². The summed E-state index contributed by atoms with van der Waals surface area (Å²) in [4.78, 5) is 11.7. The molecule has 0 saturated carbocycles. The lowest BCUT2D eigenvalue weighted by atomic mass is 10.1. The summed E-state index contributed by atoms with van der Waals surface area (Å²) in [6.07, 6.45) is 3.05. The Morgan fingerprint density at radius 1 is 1.42 bits per heavy atom. The highest BCUT2D eigenvalue weighted by molar-refractivity contribution is 6.30. The Labute approximate surface area is 119 Å². The van der Waals surface area contributed by atoms with E-state index in [0.717, 1.165) is 19.3 Å². The van der Waals surface area contributed by atoms with Crippen LogP contribution in [0.25, 0.3) is 0 Å². The van der Waals surface area contributed by atoms with Gasteiger partial charge in [-0.2, -0.15) is 0 Å². The van der Waals surface area contributed by atoms with E-state index in [1.807, 2.05) is 0 Å². The Morgan fingerprint density at radius 2 is 2.11 bits per heavy atom. The molecule has 0 aromatic heterocycles. The van der Waals surface area contributed by atoms with Crippen molar-refractivity contribution < 1.29 is 9.53 Å². The molecule has 1 aromatic rings. The van der Waals surface area contributed by atoms with Gasteiger partial charge in [-0.25, -0.2) is 0 Å². The molecule has 1 amide bonds. The molecule has 0 aliphatic rings. The van der Waals surface area contributed by atoms with Crippen LogP contribution < -0.4 is 15.8 Å². The molecule has 0 radical (unpaired) electrons. The second-order valence-electron chi connectivity index (χ2n) is 4.38. The van der Waals surface area contributed by atoms with Crippen molar-refractivity contribution in [1.29, 1.82) is 0 Å². The monoisotopic (exact) mass is 284 g/mol. The van der Waals surface area contributed by atoms with Crippen LogP contribution >= 0.6 is 11.6 Å². The fourth-order valence-corrected chi connectivity index (χ4v) is 1.77. The summed E-state index contributed by atoms with van der Waals surface area (Å²) in [5, 5.41) is 3.51. The van der Waals surface area contributed by atoms with E-state index in [4.69, 9.17) is 22.1 Å². The van der Waals surface area contributed by atoms with Gasteiger partial charge in [-0.05, 0) is 30.7 Å². The van der Waals surface area contributed by atoms with Crippen molar-refractivity contribution >= 4 is 17.5 Å². The summed E-state index contributed by atoms with van der Waals surface area (Å²) in [6.45, 7) is 2.55.